The third-order valence-electron chi connectivity index (χ3n) is 2.90. The second-order valence-electron chi connectivity index (χ2n) is 4.28. The molecule has 1 unspecified atom stereocenters. The van der Waals surface area contributed by atoms with Crippen molar-refractivity contribution in [3.8, 4) is 0 Å². The van der Waals surface area contributed by atoms with Gasteiger partial charge in [-0.05, 0) is 25.0 Å². The Bertz CT molecular complexity index is 539. The normalized spacial score (nSPS) is 22.3. The first kappa shape index (κ1) is 12.0. The minimum atomic E-state index is -3.02. The van der Waals surface area contributed by atoms with Crippen LogP contribution >= 0.6 is 0 Å². The number of hydrogen-bond acceptors (Lipinski definition) is 4. The first-order valence-corrected chi connectivity index (χ1v) is 7.22. The monoisotopic (exact) mass is 254 g/mol. The van der Waals surface area contributed by atoms with Gasteiger partial charge in [-0.3, -0.25) is 9.78 Å². The van der Waals surface area contributed by atoms with Crippen LogP contribution < -0.4 is 5.32 Å². The van der Waals surface area contributed by atoms with E-state index in [4.69, 9.17) is 0 Å². The molecule has 0 saturated carbocycles. The maximum Gasteiger partial charge on any atom is 0.228 e. The molecular weight excluding hydrogens is 240 g/mol. The largest absolute Gasteiger partial charge is 0.324 e. The number of rotatable bonds is 2. The average Bonchev–Trinajstić information content (AvgIpc) is 2.62. The van der Waals surface area contributed by atoms with E-state index in [1.807, 2.05) is 6.92 Å². The Morgan fingerprint density at radius 2 is 2.29 bits per heavy atom. The SMILES string of the molecule is Cc1ccncc1NC(=O)C1CCS(=O)(=O)C1. The predicted octanol–water partition coefficient (Wildman–Crippen LogP) is 0.763. The molecule has 17 heavy (non-hydrogen) atoms. The number of hydrogen-bond donors (Lipinski definition) is 1. The van der Waals surface area contributed by atoms with Gasteiger partial charge in [0.25, 0.3) is 0 Å². The van der Waals surface area contributed by atoms with Crippen molar-refractivity contribution in [2.75, 3.05) is 16.8 Å². The van der Waals surface area contributed by atoms with Gasteiger partial charge in [0.2, 0.25) is 5.91 Å². The molecule has 6 heteroatoms. The Morgan fingerprint density at radius 1 is 1.53 bits per heavy atom. The van der Waals surface area contributed by atoms with E-state index in [0.717, 1.165) is 5.56 Å². The van der Waals surface area contributed by atoms with Gasteiger partial charge in [0, 0.05) is 6.20 Å². The molecule has 1 atom stereocenters. The minimum absolute atomic E-state index is 0.0435. The third kappa shape index (κ3) is 2.82. The van der Waals surface area contributed by atoms with Crippen LogP contribution in [-0.2, 0) is 14.6 Å². The fourth-order valence-corrected chi connectivity index (χ4v) is 3.57. The first-order valence-electron chi connectivity index (χ1n) is 5.40. The average molecular weight is 254 g/mol. The molecule has 2 rings (SSSR count). The molecule has 5 nitrogen and oxygen atoms in total. The first-order chi connectivity index (χ1) is 7.98. The Morgan fingerprint density at radius 3 is 2.88 bits per heavy atom. The van der Waals surface area contributed by atoms with Gasteiger partial charge in [-0.1, -0.05) is 0 Å². The van der Waals surface area contributed by atoms with E-state index in [9.17, 15) is 13.2 Å². The summed E-state index contributed by atoms with van der Waals surface area (Å²) in [5, 5.41) is 2.72. The van der Waals surface area contributed by atoms with Crippen LogP contribution in [0.2, 0.25) is 0 Å². The fourth-order valence-electron chi connectivity index (χ4n) is 1.83. The van der Waals surface area contributed by atoms with Crippen molar-refractivity contribution in [2.24, 2.45) is 5.92 Å². The van der Waals surface area contributed by atoms with Gasteiger partial charge < -0.3 is 5.32 Å². The Balaban J connectivity index is 2.06. The zero-order valence-electron chi connectivity index (χ0n) is 9.51. The van der Waals surface area contributed by atoms with Gasteiger partial charge in [-0.15, -0.1) is 0 Å². The molecule has 0 spiro atoms. The van der Waals surface area contributed by atoms with E-state index < -0.39 is 15.8 Å². The van der Waals surface area contributed by atoms with Crippen LogP contribution in [0.3, 0.4) is 0 Å². The smallest absolute Gasteiger partial charge is 0.228 e. The summed E-state index contributed by atoms with van der Waals surface area (Å²) in [4.78, 5) is 15.8. The molecule has 1 amide bonds. The number of nitrogens with zero attached hydrogens (tertiary/aromatic N) is 1. The Kier molecular flexibility index (Phi) is 3.15. The number of aryl methyl sites for hydroxylation is 1. The number of amides is 1. The van der Waals surface area contributed by atoms with Crippen LogP contribution in [0.15, 0.2) is 18.5 Å². The lowest BCUT2D eigenvalue weighted by atomic mass is 10.1. The molecule has 1 aliphatic heterocycles. The summed E-state index contributed by atoms with van der Waals surface area (Å²) in [5.74, 6) is -0.600. The number of anilines is 1. The summed E-state index contributed by atoms with van der Waals surface area (Å²) < 4.78 is 22.5. The molecule has 1 aromatic rings. The highest BCUT2D eigenvalue weighted by Crippen LogP contribution is 2.21. The van der Waals surface area contributed by atoms with Crippen molar-refractivity contribution in [3.05, 3.63) is 24.0 Å². The Hall–Kier alpha value is -1.43. The Labute approximate surface area is 100 Å². The lowest BCUT2D eigenvalue weighted by Gasteiger charge is -2.10. The lowest BCUT2D eigenvalue weighted by Crippen LogP contribution is -2.24. The number of nitrogens with one attached hydrogen (secondary N) is 1. The number of carbonyl (C=O) groups is 1. The third-order valence-corrected chi connectivity index (χ3v) is 4.67. The predicted molar refractivity (Wildman–Crippen MR) is 64.4 cm³/mol. The maximum absolute atomic E-state index is 11.9. The van der Waals surface area contributed by atoms with Crippen molar-refractivity contribution in [2.45, 2.75) is 13.3 Å². The van der Waals surface area contributed by atoms with Gasteiger partial charge in [-0.25, -0.2) is 8.42 Å². The van der Waals surface area contributed by atoms with Crippen LogP contribution in [0.4, 0.5) is 5.69 Å². The number of carbonyl (C=O) groups excluding carboxylic acids is 1. The quantitative estimate of drug-likeness (QED) is 0.845. The molecule has 92 valence electrons. The minimum Gasteiger partial charge on any atom is -0.324 e. The summed E-state index contributed by atoms with van der Waals surface area (Å²) in [6, 6.07) is 1.79. The standard InChI is InChI=1S/C11H14N2O3S/c1-8-2-4-12-6-10(8)13-11(14)9-3-5-17(15,16)7-9/h2,4,6,9H,3,5,7H2,1H3,(H,13,14). The van der Waals surface area contributed by atoms with E-state index in [0.29, 0.717) is 12.1 Å². The summed E-state index contributed by atoms with van der Waals surface area (Å²) >= 11 is 0. The zero-order chi connectivity index (χ0) is 12.5. The maximum atomic E-state index is 11.9. The lowest BCUT2D eigenvalue weighted by molar-refractivity contribution is -0.119. The molecule has 1 saturated heterocycles. The second-order valence-corrected chi connectivity index (χ2v) is 6.51. The summed E-state index contributed by atoms with van der Waals surface area (Å²) in [7, 11) is -3.02. The topological polar surface area (TPSA) is 76.1 Å². The molecule has 1 fully saturated rings. The molecule has 0 radical (unpaired) electrons. The van der Waals surface area contributed by atoms with Crippen LogP contribution in [-0.4, -0.2) is 30.8 Å². The highest BCUT2D eigenvalue weighted by molar-refractivity contribution is 7.91. The van der Waals surface area contributed by atoms with Crippen LogP contribution in [0, 0.1) is 12.8 Å². The van der Waals surface area contributed by atoms with Crippen LogP contribution in [0.5, 0.6) is 0 Å². The van der Waals surface area contributed by atoms with Gasteiger partial charge in [-0.2, -0.15) is 0 Å². The number of sulfone groups is 1. The molecular formula is C11H14N2O3S. The molecule has 1 N–H and O–H groups in total. The molecule has 0 aromatic carbocycles. The van der Waals surface area contributed by atoms with Gasteiger partial charge in [0.15, 0.2) is 9.84 Å². The van der Waals surface area contributed by atoms with Crippen LogP contribution in [0.25, 0.3) is 0 Å². The molecule has 0 aliphatic carbocycles. The van der Waals surface area contributed by atoms with Crippen molar-refractivity contribution in [1.29, 1.82) is 0 Å². The highest BCUT2D eigenvalue weighted by atomic mass is 32.2. The van der Waals surface area contributed by atoms with Gasteiger partial charge in [0.05, 0.1) is 29.3 Å². The highest BCUT2D eigenvalue weighted by Gasteiger charge is 2.33. The summed E-state index contributed by atoms with van der Waals surface area (Å²) in [6.45, 7) is 1.86. The van der Waals surface area contributed by atoms with Crippen molar-refractivity contribution >= 4 is 21.4 Å². The zero-order valence-corrected chi connectivity index (χ0v) is 10.3. The second kappa shape index (κ2) is 4.44. The van der Waals surface area contributed by atoms with Gasteiger partial charge >= 0.3 is 0 Å². The van der Waals surface area contributed by atoms with E-state index in [2.05, 4.69) is 10.3 Å². The number of aromatic nitrogens is 1. The summed E-state index contributed by atoms with van der Waals surface area (Å²) in [6.07, 6.45) is 3.62. The van der Waals surface area contributed by atoms with Crippen molar-refractivity contribution in [1.82, 2.24) is 4.98 Å². The summed E-state index contributed by atoms with van der Waals surface area (Å²) in [5.41, 5.74) is 1.55. The van der Waals surface area contributed by atoms with E-state index in [-0.39, 0.29) is 17.4 Å². The fraction of sp³-hybridized carbons (Fsp3) is 0.455. The molecule has 0 bridgehead atoms. The molecule has 1 aromatic heterocycles. The molecule has 2 heterocycles. The van der Waals surface area contributed by atoms with Crippen LogP contribution in [0.1, 0.15) is 12.0 Å². The van der Waals surface area contributed by atoms with E-state index in [1.54, 1.807) is 18.5 Å². The molecule has 1 aliphatic rings. The van der Waals surface area contributed by atoms with Gasteiger partial charge in [0.1, 0.15) is 0 Å². The van der Waals surface area contributed by atoms with Crippen molar-refractivity contribution in [3.63, 3.8) is 0 Å². The van der Waals surface area contributed by atoms with Crippen molar-refractivity contribution < 1.29 is 13.2 Å². The number of pyridine rings is 1. The van der Waals surface area contributed by atoms with E-state index >= 15 is 0 Å². The van der Waals surface area contributed by atoms with E-state index in [1.165, 1.54) is 0 Å².